The van der Waals surface area contributed by atoms with Crippen LogP contribution in [0.25, 0.3) is 0 Å². The SMILES string of the molecule is CC(C)CC(NC(=O)[C@H](CCc1ccccc1)NC(=O)OC(C)(C)C)C(=O)N[C@@H](C)C(=O)N[C@@H](CC(C)C)C(=O)[C@@]1(C)CO1. The van der Waals surface area contributed by atoms with Gasteiger partial charge in [0.15, 0.2) is 5.78 Å². The van der Waals surface area contributed by atoms with E-state index in [0.29, 0.717) is 25.9 Å². The van der Waals surface area contributed by atoms with Crippen molar-refractivity contribution in [3.05, 3.63) is 35.9 Å². The number of ether oxygens (including phenoxy) is 2. The maximum Gasteiger partial charge on any atom is 0.408 e. The number of hydrogen-bond acceptors (Lipinski definition) is 7. The average molecular weight is 617 g/mol. The number of aryl methyl sites for hydroxylation is 1. The van der Waals surface area contributed by atoms with Crippen molar-refractivity contribution in [2.24, 2.45) is 11.8 Å². The summed E-state index contributed by atoms with van der Waals surface area (Å²) in [5.74, 6) is -1.61. The molecule has 0 bridgehead atoms. The molecule has 0 aromatic heterocycles. The molecule has 5 atom stereocenters. The Labute approximate surface area is 262 Å². The highest BCUT2D eigenvalue weighted by Crippen LogP contribution is 2.29. The molecule has 246 valence electrons. The van der Waals surface area contributed by atoms with Gasteiger partial charge in [-0.15, -0.1) is 0 Å². The number of epoxide rings is 1. The lowest BCUT2D eigenvalue weighted by molar-refractivity contribution is -0.134. The van der Waals surface area contributed by atoms with Crippen LogP contribution in [-0.4, -0.2) is 71.6 Å². The number of benzene rings is 1. The van der Waals surface area contributed by atoms with E-state index in [2.05, 4.69) is 21.3 Å². The van der Waals surface area contributed by atoms with Crippen molar-refractivity contribution in [3.63, 3.8) is 0 Å². The monoisotopic (exact) mass is 616 g/mol. The highest BCUT2D eigenvalue weighted by Gasteiger charge is 2.50. The number of ketones is 1. The third-order valence-corrected chi connectivity index (χ3v) is 7.10. The average Bonchev–Trinajstić information content (AvgIpc) is 3.66. The van der Waals surface area contributed by atoms with Crippen molar-refractivity contribution in [1.82, 2.24) is 21.3 Å². The Kier molecular flexibility index (Phi) is 13.4. The molecule has 1 aliphatic heterocycles. The fraction of sp³-hybridized carbons (Fsp3) is 0.667. The Morgan fingerprint density at radius 1 is 0.795 bits per heavy atom. The van der Waals surface area contributed by atoms with Gasteiger partial charge in [-0.25, -0.2) is 4.79 Å². The lowest BCUT2D eigenvalue weighted by Gasteiger charge is -2.27. The van der Waals surface area contributed by atoms with Gasteiger partial charge in [0.1, 0.15) is 29.3 Å². The minimum atomic E-state index is -0.974. The number of amides is 4. The van der Waals surface area contributed by atoms with Crippen molar-refractivity contribution >= 4 is 29.6 Å². The first-order chi connectivity index (χ1) is 20.4. The van der Waals surface area contributed by atoms with Crippen LogP contribution in [0, 0.1) is 11.8 Å². The van der Waals surface area contributed by atoms with Gasteiger partial charge in [-0.3, -0.25) is 19.2 Å². The molecule has 11 heteroatoms. The zero-order valence-electron chi connectivity index (χ0n) is 27.7. The Bertz CT molecular complexity index is 1140. The number of hydrogen-bond donors (Lipinski definition) is 4. The van der Waals surface area contributed by atoms with Gasteiger partial charge < -0.3 is 30.7 Å². The zero-order chi connectivity index (χ0) is 33.2. The van der Waals surface area contributed by atoms with Crippen LogP contribution in [0.15, 0.2) is 30.3 Å². The molecule has 1 saturated heterocycles. The molecule has 1 unspecified atom stereocenters. The fourth-order valence-corrected chi connectivity index (χ4v) is 4.65. The van der Waals surface area contributed by atoms with Crippen LogP contribution < -0.4 is 21.3 Å². The Morgan fingerprint density at radius 2 is 1.32 bits per heavy atom. The van der Waals surface area contributed by atoms with Crippen LogP contribution in [0.5, 0.6) is 0 Å². The maximum absolute atomic E-state index is 13.5. The number of carbonyl (C=O) groups is 5. The third-order valence-electron chi connectivity index (χ3n) is 7.10. The summed E-state index contributed by atoms with van der Waals surface area (Å²) in [6, 6.07) is 5.89. The number of nitrogens with one attached hydrogen (secondary N) is 4. The Balaban J connectivity index is 2.13. The molecule has 11 nitrogen and oxygen atoms in total. The standard InChI is InChI=1S/C33H52N4O7/c1-20(2)17-25(27(38)33(9)19-43-33)35-28(39)22(5)34-30(41)26(18-21(3)4)36-29(40)24(37-31(42)44-32(6,7)8)16-15-23-13-11-10-12-14-23/h10-14,20-22,24-26H,15-19H2,1-9H3,(H,34,41)(H,35,39)(H,36,40)(H,37,42)/t22-,24-,25-,26?,33+/m0/s1. The highest BCUT2D eigenvalue weighted by atomic mass is 16.6. The van der Waals surface area contributed by atoms with E-state index in [1.165, 1.54) is 6.92 Å². The van der Waals surface area contributed by atoms with Gasteiger partial charge in [0.25, 0.3) is 0 Å². The van der Waals surface area contributed by atoms with Gasteiger partial charge in [-0.2, -0.15) is 0 Å². The van der Waals surface area contributed by atoms with Crippen LogP contribution >= 0.6 is 0 Å². The van der Waals surface area contributed by atoms with Crippen molar-refractivity contribution < 1.29 is 33.4 Å². The first-order valence-electron chi connectivity index (χ1n) is 15.5. The van der Waals surface area contributed by atoms with E-state index in [9.17, 15) is 24.0 Å². The minimum absolute atomic E-state index is 0.0316. The molecular weight excluding hydrogens is 564 g/mol. The molecule has 44 heavy (non-hydrogen) atoms. The highest BCUT2D eigenvalue weighted by molar-refractivity contribution is 5.98. The smallest absolute Gasteiger partial charge is 0.408 e. The van der Waals surface area contributed by atoms with Crippen molar-refractivity contribution in [2.45, 2.75) is 123 Å². The molecule has 2 rings (SSSR count). The Morgan fingerprint density at radius 3 is 1.84 bits per heavy atom. The summed E-state index contributed by atoms with van der Waals surface area (Å²) in [5.41, 5.74) is -0.663. The second-order valence-electron chi connectivity index (χ2n) is 13.7. The molecule has 1 aromatic rings. The van der Waals surface area contributed by atoms with Crippen molar-refractivity contribution in [3.8, 4) is 0 Å². The summed E-state index contributed by atoms with van der Waals surface area (Å²) in [6.07, 6.45) is 0.779. The molecule has 0 radical (unpaired) electrons. The molecule has 4 amide bonds. The Hall–Kier alpha value is -3.47. The number of carbonyl (C=O) groups excluding carboxylic acids is 5. The fourth-order valence-electron chi connectivity index (χ4n) is 4.65. The van der Waals surface area contributed by atoms with E-state index < -0.39 is 59.2 Å². The first kappa shape index (κ1) is 36.7. The number of Topliss-reactive ketones (excluding diaryl/α,β-unsaturated/α-hetero) is 1. The summed E-state index contributed by atoms with van der Waals surface area (Å²) in [6.45, 7) is 16.5. The van der Waals surface area contributed by atoms with Crippen LogP contribution in [-0.2, 0) is 35.1 Å². The molecule has 0 saturated carbocycles. The van der Waals surface area contributed by atoms with E-state index in [4.69, 9.17) is 9.47 Å². The summed E-state index contributed by atoms with van der Waals surface area (Å²) in [5, 5.41) is 10.9. The summed E-state index contributed by atoms with van der Waals surface area (Å²) >= 11 is 0. The molecule has 1 aromatic carbocycles. The lowest BCUT2D eigenvalue weighted by Crippen LogP contribution is -2.58. The quantitative estimate of drug-likeness (QED) is 0.207. The first-order valence-corrected chi connectivity index (χ1v) is 15.5. The molecule has 0 aliphatic carbocycles. The van der Waals surface area contributed by atoms with Gasteiger partial charge in [-0.05, 0) is 77.7 Å². The molecular formula is C33H52N4O7. The largest absolute Gasteiger partial charge is 0.444 e. The van der Waals surface area contributed by atoms with E-state index in [1.54, 1.807) is 27.7 Å². The number of alkyl carbamates (subject to hydrolysis) is 1. The van der Waals surface area contributed by atoms with Gasteiger partial charge in [0.05, 0.1) is 12.6 Å². The second-order valence-corrected chi connectivity index (χ2v) is 13.7. The zero-order valence-corrected chi connectivity index (χ0v) is 27.7. The van der Waals surface area contributed by atoms with E-state index in [1.807, 2.05) is 58.0 Å². The summed E-state index contributed by atoms with van der Waals surface area (Å²) in [7, 11) is 0. The number of rotatable bonds is 16. The van der Waals surface area contributed by atoms with Gasteiger partial charge in [-0.1, -0.05) is 58.0 Å². The van der Waals surface area contributed by atoms with E-state index in [-0.39, 0.29) is 24.0 Å². The van der Waals surface area contributed by atoms with Crippen LogP contribution in [0.1, 0.15) is 87.1 Å². The van der Waals surface area contributed by atoms with E-state index in [0.717, 1.165) is 5.56 Å². The molecule has 1 fully saturated rings. The minimum Gasteiger partial charge on any atom is -0.444 e. The van der Waals surface area contributed by atoms with Crippen molar-refractivity contribution in [1.29, 1.82) is 0 Å². The predicted molar refractivity (Wildman–Crippen MR) is 168 cm³/mol. The summed E-state index contributed by atoms with van der Waals surface area (Å²) < 4.78 is 10.7. The van der Waals surface area contributed by atoms with Gasteiger partial charge in [0.2, 0.25) is 17.7 Å². The normalized spacial score (nSPS) is 18.9. The van der Waals surface area contributed by atoms with Gasteiger partial charge in [0, 0.05) is 0 Å². The molecule has 1 aliphatic rings. The molecule has 4 N–H and O–H groups in total. The third kappa shape index (κ3) is 12.6. The van der Waals surface area contributed by atoms with Gasteiger partial charge >= 0.3 is 6.09 Å². The van der Waals surface area contributed by atoms with E-state index >= 15 is 0 Å². The summed E-state index contributed by atoms with van der Waals surface area (Å²) in [4.78, 5) is 65.5. The lowest BCUT2D eigenvalue weighted by atomic mass is 9.93. The molecule has 1 heterocycles. The van der Waals surface area contributed by atoms with Crippen molar-refractivity contribution in [2.75, 3.05) is 6.61 Å². The second kappa shape index (κ2) is 16.0. The van der Waals surface area contributed by atoms with Crippen LogP contribution in [0.2, 0.25) is 0 Å². The predicted octanol–water partition coefficient (Wildman–Crippen LogP) is 3.44. The molecule has 0 spiro atoms. The van der Waals surface area contributed by atoms with Crippen LogP contribution in [0.4, 0.5) is 4.79 Å². The maximum atomic E-state index is 13.5. The van der Waals surface area contributed by atoms with Crippen LogP contribution in [0.3, 0.4) is 0 Å². The topological polar surface area (TPSA) is 155 Å².